The van der Waals surface area contributed by atoms with Crippen molar-refractivity contribution in [1.82, 2.24) is 4.57 Å². The predicted molar refractivity (Wildman–Crippen MR) is 114 cm³/mol. The summed E-state index contributed by atoms with van der Waals surface area (Å²) in [5.74, 6) is 0.333. The van der Waals surface area contributed by atoms with Crippen LogP contribution in [0.3, 0.4) is 0 Å². The summed E-state index contributed by atoms with van der Waals surface area (Å²) < 4.78 is 6.57. The molecule has 0 fully saturated rings. The molecule has 7 nitrogen and oxygen atoms in total. The van der Waals surface area contributed by atoms with E-state index < -0.39 is 11.6 Å². The normalized spacial score (nSPS) is 11.9. The van der Waals surface area contributed by atoms with Gasteiger partial charge >= 0.3 is 0 Å². The fraction of sp³-hybridized carbons (Fsp3) is 0.217. The highest BCUT2D eigenvalue weighted by Gasteiger charge is 2.23. The fourth-order valence-corrected chi connectivity index (χ4v) is 3.15. The smallest absolute Gasteiger partial charge is 0.282 e. The van der Waals surface area contributed by atoms with Crippen LogP contribution in [0.2, 0.25) is 0 Å². The van der Waals surface area contributed by atoms with E-state index in [1.165, 1.54) is 4.57 Å². The molecule has 0 bridgehead atoms. The monoisotopic (exact) mass is 402 g/mol. The molecule has 152 valence electrons. The lowest BCUT2D eigenvalue weighted by Gasteiger charge is -2.19. The third kappa shape index (κ3) is 4.08. The predicted octanol–water partition coefficient (Wildman–Crippen LogP) is 5.16. The van der Waals surface area contributed by atoms with Gasteiger partial charge in [-0.05, 0) is 50.6 Å². The lowest BCUT2D eigenvalue weighted by atomic mass is 10.1. The highest BCUT2D eigenvalue weighted by atomic mass is 16.5. The number of aromatic hydroxyl groups is 1. The van der Waals surface area contributed by atoms with E-state index in [2.05, 4.69) is 10.2 Å². The van der Waals surface area contributed by atoms with Gasteiger partial charge in [0.1, 0.15) is 17.4 Å². The number of rotatable bonds is 6. The molecule has 0 saturated heterocycles. The third-order valence-electron chi connectivity index (χ3n) is 4.80. The topological polar surface area (TPSA) is 100.0 Å². The molecule has 0 radical (unpaired) electrons. The lowest BCUT2D eigenvalue weighted by Crippen LogP contribution is -2.25. The number of nitriles is 1. The first-order valence-electron chi connectivity index (χ1n) is 9.55. The Balaban J connectivity index is 2.08. The van der Waals surface area contributed by atoms with Crippen LogP contribution in [0.4, 0.5) is 11.4 Å². The minimum Gasteiger partial charge on any atom is -0.494 e. The third-order valence-corrected chi connectivity index (χ3v) is 4.80. The highest BCUT2D eigenvalue weighted by molar-refractivity contribution is 5.57. The van der Waals surface area contributed by atoms with E-state index in [0.717, 1.165) is 5.56 Å². The van der Waals surface area contributed by atoms with Gasteiger partial charge in [-0.3, -0.25) is 9.36 Å². The number of benzene rings is 2. The Morgan fingerprint density at radius 3 is 2.40 bits per heavy atom. The zero-order chi connectivity index (χ0) is 21.7. The van der Waals surface area contributed by atoms with Crippen molar-refractivity contribution in [1.29, 1.82) is 5.26 Å². The Bertz CT molecular complexity index is 1160. The summed E-state index contributed by atoms with van der Waals surface area (Å²) in [6.07, 6.45) is 0. The van der Waals surface area contributed by atoms with Crippen molar-refractivity contribution in [3.05, 3.63) is 81.6 Å². The van der Waals surface area contributed by atoms with E-state index in [9.17, 15) is 15.2 Å². The van der Waals surface area contributed by atoms with Crippen molar-refractivity contribution in [2.24, 2.45) is 10.2 Å². The maximum atomic E-state index is 13.2. The van der Waals surface area contributed by atoms with Gasteiger partial charge in [0.2, 0.25) is 5.88 Å². The van der Waals surface area contributed by atoms with Gasteiger partial charge in [0.15, 0.2) is 5.69 Å². The second-order valence-corrected chi connectivity index (χ2v) is 6.67. The maximum absolute atomic E-state index is 13.2. The van der Waals surface area contributed by atoms with Crippen LogP contribution in [0.15, 0.2) is 69.6 Å². The van der Waals surface area contributed by atoms with E-state index in [4.69, 9.17) is 4.74 Å². The number of hydrogen-bond donors (Lipinski definition) is 1. The molecule has 30 heavy (non-hydrogen) atoms. The van der Waals surface area contributed by atoms with E-state index in [1.807, 2.05) is 43.3 Å². The van der Waals surface area contributed by atoms with E-state index >= 15 is 0 Å². The van der Waals surface area contributed by atoms with Crippen molar-refractivity contribution in [2.75, 3.05) is 6.61 Å². The zero-order valence-corrected chi connectivity index (χ0v) is 17.0. The summed E-state index contributed by atoms with van der Waals surface area (Å²) in [5, 5.41) is 28.4. The molecule has 1 aromatic heterocycles. The Hall–Kier alpha value is -3.92. The van der Waals surface area contributed by atoms with Crippen LogP contribution in [0, 0.1) is 18.3 Å². The molecule has 0 aliphatic rings. The molecule has 3 aromatic rings. The van der Waals surface area contributed by atoms with Crippen molar-refractivity contribution in [3.8, 4) is 17.7 Å². The first-order valence-corrected chi connectivity index (χ1v) is 9.55. The van der Waals surface area contributed by atoms with Crippen LogP contribution >= 0.6 is 0 Å². The van der Waals surface area contributed by atoms with E-state index in [1.54, 1.807) is 38.1 Å². The summed E-state index contributed by atoms with van der Waals surface area (Å²) in [5.41, 5.74) is 1.13. The van der Waals surface area contributed by atoms with Gasteiger partial charge in [-0.1, -0.05) is 30.3 Å². The molecule has 1 atom stereocenters. The van der Waals surface area contributed by atoms with Crippen LogP contribution < -0.4 is 10.3 Å². The SMILES string of the molecule is CCOc1ccc(N=Nc2c(C)c(C#N)c(O)n(C(C)c3ccccc3)c2=O)cc1. The van der Waals surface area contributed by atoms with Crippen molar-refractivity contribution in [3.63, 3.8) is 0 Å². The number of azo groups is 1. The fourth-order valence-electron chi connectivity index (χ4n) is 3.15. The molecular formula is C23H22N4O3. The number of aromatic nitrogens is 1. The first kappa shape index (κ1) is 20.8. The zero-order valence-electron chi connectivity index (χ0n) is 17.0. The largest absolute Gasteiger partial charge is 0.494 e. The van der Waals surface area contributed by atoms with Crippen LogP contribution in [0.5, 0.6) is 11.6 Å². The number of nitrogens with zero attached hydrogens (tertiary/aromatic N) is 4. The summed E-state index contributed by atoms with van der Waals surface area (Å²) in [6.45, 7) is 5.81. The molecule has 0 spiro atoms. The number of ether oxygens (including phenoxy) is 1. The Kier molecular flexibility index (Phi) is 6.28. The summed E-state index contributed by atoms with van der Waals surface area (Å²) >= 11 is 0. The minimum absolute atomic E-state index is 0.00183. The van der Waals surface area contributed by atoms with Gasteiger partial charge in [-0.2, -0.15) is 10.4 Å². The van der Waals surface area contributed by atoms with Crippen molar-refractivity contribution in [2.45, 2.75) is 26.8 Å². The molecule has 0 aliphatic carbocycles. The maximum Gasteiger partial charge on any atom is 0.282 e. The van der Waals surface area contributed by atoms with Crippen LogP contribution in [-0.2, 0) is 0 Å². The molecule has 0 amide bonds. The molecule has 0 saturated carbocycles. The molecule has 7 heteroatoms. The molecule has 1 N–H and O–H groups in total. The van der Waals surface area contributed by atoms with Gasteiger partial charge in [-0.25, -0.2) is 0 Å². The summed E-state index contributed by atoms with van der Waals surface area (Å²) in [7, 11) is 0. The van der Waals surface area contributed by atoms with Gasteiger partial charge in [0.05, 0.1) is 18.3 Å². The molecule has 0 aliphatic heterocycles. The number of pyridine rings is 1. The van der Waals surface area contributed by atoms with Crippen molar-refractivity contribution >= 4 is 11.4 Å². The van der Waals surface area contributed by atoms with Gasteiger partial charge in [0, 0.05) is 5.56 Å². The lowest BCUT2D eigenvalue weighted by molar-refractivity contribution is 0.340. The standard InChI is InChI=1S/C23H22N4O3/c1-4-30-19-12-10-18(11-13-19)25-26-21-15(2)20(14-24)22(28)27(23(21)29)16(3)17-8-6-5-7-9-17/h5-13,16,28H,4H2,1-3H3. The van der Waals surface area contributed by atoms with Gasteiger partial charge < -0.3 is 9.84 Å². The second kappa shape index (κ2) is 9.05. The average molecular weight is 402 g/mol. The van der Waals surface area contributed by atoms with Crippen molar-refractivity contribution < 1.29 is 9.84 Å². The second-order valence-electron chi connectivity index (χ2n) is 6.67. The summed E-state index contributed by atoms with van der Waals surface area (Å²) in [6, 6.07) is 17.7. The number of hydrogen-bond acceptors (Lipinski definition) is 6. The molecule has 3 rings (SSSR count). The molecule has 1 heterocycles. The Labute approximate surface area is 174 Å². The van der Waals surface area contributed by atoms with Gasteiger partial charge in [-0.15, -0.1) is 5.11 Å². The first-order chi connectivity index (χ1) is 14.5. The molecule has 2 aromatic carbocycles. The summed E-state index contributed by atoms with van der Waals surface area (Å²) in [4.78, 5) is 13.2. The van der Waals surface area contributed by atoms with Crippen LogP contribution in [0.1, 0.15) is 36.6 Å². The van der Waals surface area contributed by atoms with Gasteiger partial charge in [0.25, 0.3) is 5.56 Å². The average Bonchev–Trinajstić information content (AvgIpc) is 2.76. The highest BCUT2D eigenvalue weighted by Crippen LogP contribution is 2.31. The van der Waals surface area contributed by atoms with Crippen LogP contribution in [0.25, 0.3) is 0 Å². The van der Waals surface area contributed by atoms with Crippen LogP contribution in [-0.4, -0.2) is 16.3 Å². The molecule has 1 unspecified atom stereocenters. The minimum atomic E-state index is -0.518. The van der Waals surface area contributed by atoms with E-state index in [0.29, 0.717) is 18.0 Å². The quantitative estimate of drug-likeness (QED) is 0.576. The van der Waals surface area contributed by atoms with E-state index in [-0.39, 0.29) is 22.7 Å². The Morgan fingerprint density at radius 2 is 1.80 bits per heavy atom. The Morgan fingerprint density at radius 1 is 1.13 bits per heavy atom. The molecular weight excluding hydrogens is 380 g/mol.